The number of carbonyl (C=O) groups excluding carboxylic acids is 2. The number of amides is 2. The van der Waals surface area contributed by atoms with Gasteiger partial charge in [0.1, 0.15) is 11.4 Å². The first-order chi connectivity index (χ1) is 22.2. The molecular weight excluding hydrogens is 632 g/mol. The van der Waals surface area contributed by atoms with Crippen LogP contribution in [0.25, 0.3) is 0 Å². The molecule has 1 aliphatic heterocycles. The van der Waals surface area contributed by atoms with E-state index in [9.17, 15) is 35.9 Å². The van der Waals surface area contributed by atoms with Crippen molar-refractivity contribution in [3.05, 3.63) is 101 Å². The highest BCUT2D eigenvalue weighted by Crippen LogP contribution is 2.30. The van der Waals surface area contributed by atoms with Gasteiger partial charge in [0.2, 0.25) is 0 Å². The maximum Gasteiger partial charge on any atom is 0.422 e. The van der Waals surface area contributed by atoms with Crippen molar-refractivity contribution < 1.29 is 40.7 Å². The number of hydrogen-bond donors (Lipinski definition) is 1. The minimum Gasteiger partial charge on any atom is -0.484 e. The number of rotatable bonds is 9. The molecule has 1 N–H and O–H groups in total. The molecule has 0 aliphatic carbocycles. The number of nitrogens with zero attached hydrogens (tertiary/aromatic N) is 6. The molecule has 2 aromatic carbocycles. The summed E-state index contributed by atoms with van der Waals surface area (Å²) in [7, 11) is 0. The van der Waals surface area contributed by atoms with Gasteiger partial charge in [0.15, 0.2) is 12.3 Å². The Morgan fingerprint density at radius 3 is 2.23 bits per heavy atom. The molecule has 1 fully saturated rings. The van der Waals surface area contributed by atoms with Crippen molar-refractivity contribution in [2.75, 3.05) is 38.1 Å². The highest BCUT2D eigenvalue weighted by atomic mass is 19.4. The Labute approximate surface area is 264 Å². The van der Waals surface area contributed by atoms with Gasteiger partial charge in [-0.15, -0.1) is 5.10 Å². The molecule has 16 heteroatoms. The minimum absolute atomic E-state index is 0.00319. The lowest BCUT2D eigenvalue weighted by molar-refractivity contribution is -0.153. The van der Waals surface area contributed by atoms with Gasteiger partial charge in [0.25, 0.3) is 11.8 Å². The fraction of sp³-hybridized carbons (Fsp3) is 0.323. The topological polar surface area (TPSA) is 105 Å². The lowest BCUT2D eigenvalue weighted by Crippen LogP contribution is -2.48. The first kappa shape index (κ1) is 33.4. The van der Waals surface area contributed by atoms with Gasteiger partial charge >= 0.3 is 12.4 Å². The number of benzene rings is 2. The summed E-state index contributed by atoms with van der Waals surface area (Å²) in [5.41, 5.74) is 1.41. The molecule has 0 atom stereocenters. The van der Waals surface area contributed by atoms with E-state index < -0.39 is 30.4 Å². The van der Waals surface area contributed by atoms with Crippen LogP contribution < -0.4 is 10.1 Å². The third kappa shape index (κ3) is 8.84. The molecule has 5 rings (SSSR count). The number of hydrogen-bond acceptors (Lipinski definition) is 7. The highest BCUT2D eigenvalue weighted by Gasteiger charge is 2.31. The molecule has 1 saturated heterocycles. The van der Waals surface area contributed by atoms with Crippen LogP contribution in [0.4, 0.5) is 32.0 Å². The van der Waals surface area contributed by atoms with Crippen LogP contribution in [0.1, 0.15) is 43.4 Å². The second kappa shape index (κ2) is 13.8. The van der Waals surface area contributed by atoms with Gasteiger partial charge in [-0.05, 0) is 54.4 Å². The molecule has 0 saturated carbocycles. The summed E-state index contributed by atoms with van der Waals surface area (Å²) in [6.45, 7) is 3.22. The Morgan fingerprint density at radius 2 is 1.60 bits per heavy atom. The van der Waals surface area contributed by atoms with Gasteiger partial charge in [-0.1, -0.05) is 29.5 Å². The number of halogens is 6. The lowest BCUT2D eigenvalue weighted by atomic mass is 10.2. The van der Waals surface area contributed by atoms with E-state index in [0.717, 1.165) is 17.7 Å². The van der Waals surface area contributed by atoms with Crippen LogP contribution in [0.3, 0.4) is 0 Å². The molecule has 2 aromatic heterocycles. The zero-order valence-electron chi connectivity index (χ0n) is 25.0. The van der Waals surface area contributed by atoms with Crippen molar-refractivity contribution >= 4 is 17.5 Å². The van der Waals surface area contributed by atoms with Gasteiger partial charge in [-0.25, -0.2) is 4.68 Å². The van der Waals surface area contributed by atoms with Crippen molar-refractivity contribution in [2.24, 2.45) is 0 Å². The Balaban J connectivity index is 1.11. The van der Waals surface area contributed by atoms with Crippen LogP contribution in [-0.4, -0.2) is 80.6 Å². The van der Waals surface area contributed by atoms with Crippen molar-refractivity contribution in [3.63, 3.8) is 0 Å². The predicted molar refractivity (Wildman–Crippen MR) is 157 cm³/mol. The number of alkyl halides is 6. The molecule has 0 unspecified atom stereocenters. The first-order valence-electron chi connectivity index (χ1n) is 14.4. The molecule has 1 aliphatic rings. The number of piperazine rings is 1. The Bertz CT molecular complexity index is 1700. The van der Waals surface area contributed by atoms with E-state index in [1.165, 1.54) is 41.2 Å². The van der Waals surface area contributed by atoms with Gasteiger partial charge in [0.05, 0.1) is 17.8 Å². The second-order valence-corrected chi connectivity index (χ2v) is 10.9. The fourth-order valence-corrected chi connectivity index (χ4v) is 4.88. The molecule has 3 heterocycles. The highest BCUT2D eigenvalue weighted by molar-refractivity contribution is 6.02. The van der Waals surface area contributed by atoms with Crippen LogP contribution in [0.15, 0.2) is 66.9 Å². The quantitative estimate of drug-likeness (QED) is 0.246. The number of ether oxygens (including phenoxy) is 1. The molecular formula is C31H29F6N7O3. The maximum atomic E-state index is 13.2. The van der Waals surface area contributed by atoms with Crippen LogP contribution >= 0.6 is 0 Å². The van der Waals surface area contributed by atoms with E-state index in [1.54, 1.807) is 30.0 Å². The number of aromatic nitrogens is 4. The molecule has 2 amide bonds. The summed E-state index contributed by atoms with van der Waals surface area (Å²) >= 11 is 0. The van der Waals surface area contributed by atoms with Gasteiger partial charge in [-0.2, -0.15) is 26.3 Å². The average Bonchev–Trinajstić information content (AvgIpc) is 3.39. The molecule has 47 heavy (non-hydrogen) atoms. The summed E-state index contributed by atoms with van der Waals surface area (Å²) in [6.07, 6.45) is -7.51. The standard InChI is InChI=1S/C31H29F6N7O3/c1-20-27(29(46)43-13-11-42(12-14-43)17-21-5-8-25(9-6-21)47-19-30(32,33)34)40-41-44(20)18-22-7-10-26(38-16-22)28(45)39-24-4-2-3-23(15-24)31(35,36)37/h2-10,15-16H,11-14,17-19H2,1H3,(H,39,45). The molecule has 0 radical (unpaired) electrons. The smallest absolute Gasteiger partial charge is 0.422 e. The first-order valence-corrected chi connectivity index (χ1v) is 14.4. The van der Waals surface area contributed by atoms with Crippen LogP contribution in [0.2, 0.25) is 0 Å². The minimum atomic E-state index is -4.54. The van der Waals surface area contributed by atoms with Gasteiger partial charge in [0, 0.05) is 44.6 Å². The Kier molecular flexibility index (Phi) is 9.79. The largest absolute Gasteiger partial charge is 0.484 e. The molecule has 248 valence electrons. The van der Waals surface area contributed by atoms with Crippen LogP contribution in [0.5, 0.6) is 5.75 Å². The van der Waals surface area contributed by atoms with E-state index in [-0.39, 0.29) is 35.3 Å². The third-order valence-electron chi connectivity index (χ3n) is 7.41. The summed E-state index contributed by atoms with van der Waals surface area (Å²) < 4.78 is 82.2. The average molecular weight is 662 g/mol. The lowest BCUT2D eigenvalue weighted by Gasteiger charge is -2.34. The second-order valence-electron chi connectivity index (χ2n) is 10.9. The fourth-order valence-electron chi connectivity index (χ4n) is 4.88. The number of nitrogens with one attached hydrogen (secondary N) is 1. The normalized spacial score (nSPS) is 14.2. The Morgan fingerprint density at radius 1 is 0.894 bits per heavy atom. The third-order valence-corrected chi connectivity index (χ3v) is 7.41. The Hall–Kier alpha value is -4.99. The van der Waals surface area contributed by atoms with Crippen molar-refractivity contribution in [2.45, 2.75) is 32.4 Å². The SMILES string of the molecule is Cc1c(C(=O)N2CCN(Cc3ccc(OCC(F)(F)F)cc3)CC2)nnn1Cc1ccc(C(=O)Nc2cccc(C(F)(F)F)c2)nc1. The monoisotopic (exact) mass is 661 g/mol. The number of carbonyl (C=O) groups is 2. The summed E-state index contributed by atoms with van der Waals surface area (Å²) in [5, 5.41) is 10.6. The van der Waals surface area contributed by atoms with E-state index in [0.29, 0.717) is 44.0 Å². The van der Waals surface area contributed by atoms with Gasteiger partial charge < -0.3 is 15.0 Å². The zero-order valence-corrected chi connectivity index (χ0v) is 25.0. The van der Waals surface area contributed by atoms with Gasteiger partial charge in [-0.3, -0.25) is 19.5 Å². The molecule has 4 aromatic rings. The van der Waals surface area contributed by atoms with Crippen LogP contribution in [0, 0.1) is 6.92 Å². The molecule has 0 spiro atoms. The molecule has 0 bridgehead atoms. The van der Waals surface area contributed by atoms with Crippen LogP contribution in [-0.2, 0) is 19.3 Å². The summed E-state index contributed by atoms with van der Waals surface area (Å²) in [4.78, 5) is 33.7. The van der Waals surface area contributed by atoms with Crippen molar-refractivity contribution in [3.8, 4) is 5.75 Å². The van der Waals surface area contributed by atoms with E-state index in [4.69, 9.17) is 4.74 Å². The van der Waals surface area contributed by atoms with Crippen molar-refractivity contribution in [1.82, 2.24) is 29.8 Å². The van der Waals surface area contributed by atoms with E-state index in [2.05, 4.69) is 25.5 Å². The van der Waals surface area contributed by atoms with Crippen molar-refractivity contribution in [1.29, 1.82) is 0 Å². The predicted octanol–water partition coefficient (Wildman–Crippen LogP) is 5.20. The maximum absolute atomic E-state index is 13.2. The summed E-state index contributed by atoms with van der Waals surface area (Å²) in [6, 6.07) is 13.8. The summed E-state index contributed by atoms with van der Waals surface area (Å²) in [5.74, 6) is -0.800. The van der Waals surface area contributed by atoms with E-state index in [1.807, 2.05) is 0 Å². The van der Waals surface area contributed by atoms with E-state index >= 15 is 0 Å². The number of anilines is 1. The number of pyridine rings is 1. The zero-order chi connectivity index (χ0) is 33.8. The molecule has 10 nitrogen and oxygen atoms in total.